The van der Waals surface area contributed by atoms with Gasteiger partial charge in [0.05, 0.1) is 11.0 Å². The maximum Gasteiger partial charge on any atom is 0.319 e. The van der Waals surface area contributed by atoms with Crippen molar-refractivity contribution in [1.29, 1.82) is 0 Å². The van der Waals surface area contributed by atoms with Gasteiger partial charge in [0.25, 0.3) is 6.43 Å². The molecule has 1 aromatic carbocycles. The van der Waals surface area contributed by atoms with E-state index in [0.717, 1.165) is 19.3 Å². The standard InChI is InChI=1S/C15H16F2N4O/c16-13(17)14-20-11-7-6-10(8-12(11)21-14)19-15(22)18-9-4-2-1-3-5-9/h1-2,6-9,13H,3-5H2,(H,20,21)(H2,18,19,22)/t9-/m0/s1. The van der Waals surface area contributed by atoms with Crippen molar-refractivity contribution in [2.24, 2.45) is 0 Å². The number of benzene rings is 1. The second-order valence-electron chi connectivity index (χ2n) is 5.23. The second-order valence-corrected chi connectivity index (χ2v) is 5.23. The van der Waals surface area contributed by atoms with Crippen LogP contribution in [0.2, 0.25) is 0 Å². The van der Waals surface area contributed by atoms with Gasteiger partial charge in [0, 0.05) is 11.7 Å². The monoisotopic (exact) mass is 306 g/mol. The number of hydrogen-bond acceptors (Lipinski definition) is 2. The van der Waals surface area contributed by atoms with Crippen LogP contribution in [0, 0.1) is 0 Å². The molecule has 22 heavy (non-hydrogen) atoms. The Morgan fingerprint density at radius 2 is 2.23 bits per heavy atom. The number of anilines is 1. The molecule has 116 valence electrons. The van der Waals surface area contributed by atoms with Gasteiger partial charge in [-0.25, -0.2) is 18.6 Å². The highest BCUT2D eigenvalue weighted by Gasteiger charge is 2.15. The van der Waals surface area contributed by atoms with Crippen LogP contribution < -0.4 is 10.6 Å². The first kappa shape index (κ1) is 14.5. The van der Waals surface area contributed by atoms with Crippen molar-refractivity contribution in [1.82, 2.24) is 15.3 Å². The Kier molecular flexibility index (Phi) is 4.04. The van der Waals surface area contributed by atoms with Crippen molar-refractivity contribution in [2.45, 2.75) is 31.7 Å². The summed E-state index contributed by atoms with van der Waals surface area (Å²) in [5, 5.41) is 5.60. The van der Waals surface area contributed by atoms with E-state index < -0.39 is 6.43 Å². The topological polar surface area (TPSA) is 69.8 Å². The normalized spacial score (nSPS) is 17.9. The third-order valence-electron chi connectivity index (χ3n) is 3.57. The number of nitrogens with one attached hydrogen (secondary N) is 3. The van der Waals surface area contributed by atoms with Gasteiger partial charge < -0.3 is 15.6 Å². The number of urea groups is 1. The fourth-order valence-corrected chi connectivity index (χ4v) is 2.49. The number of hydrogen-bond donors (Lipinski definition) is 3. The number of imidazole rings is 1. The Bertz CT molecular complexity index is 711. The smallest absolute Gasteiger partial charge is 0.319 e. The van der Waals surface area contributed by atoms with E-state index in [1.54, 1.807) is 18.2 Å². The number of fused-ring (bicyclic) bond motifs is 1. The molecule has 1 atom stereocenters. The summed E-state index contributed by atoms with van der Waals surface area (Å²) >= 11 is 0. The molecule has 0 aliphatic heterocycles. The zero-order valence-electron chi connectivity index (χ0n) is 11.8. The van der Waals surface area contributed by atoms with E-state index in [0.29, 0.717) is 16.7 Å². The summed E-state index contributed by atoms with van der Waals surface area (Å²) in [6.07, 6.45) is 4.21. The molecule has 0 bridgehead atoms. The molecule has 1 aliphatic carbocycles. The van der Waals surface area contributed by atoms with Crippen LogP contribution in [-0.4, -0.2) is 22.0 Å². The molecule has 0 saturated heterocycles. The molecule has 0 saturated carbocycles. The Balaban J connectivity index is 1.67. The van der Waals surface area contributed by atoms with Crippen LogP contribution >= 0.6 is 0 Å². The third-order valence-corrected chi connectivity index (χ3v) is 3.57. The fraction of sp³-hybridized carbons (Fsp3) is 0.333. The highest BCUT2D eigenvalue weighted by molar-refractivity contribution is 5.92. The third kappa shape index (κ3) is 3.24. The van der Waals surface area contributed by atoms with Gasteiger partial charge in [-0.15, -0.1) is 0 Å². The molecule has 7 heteroatoms. The summed E-state index contributed by atoms with van der Waals surface area (Å²) in [5.74, 6) is -0.370. The highest BCUT2D eigenvalue weighted by Crippen LogP contribution is 2.22. The molecule has 0 radical (unpaired) electrons. The quantitative estimate of drug-likeness (QED) is 0.756. The van der Waals surface area contributed by atoms with Crippen LogP contribution in [-0.2, 0) is 0 Å². The number of aromatic amines is 1. The molecule has 0 spiro atoms. The molecule has 0 unspecified atom stereocenters. The molecule has 2 aromatic rings. The largest absolute Gasteiger partial charge is 0.337 e. The maximum absolute atomic E-state index is 12.6. The van der Waals surface area contributed by atoms with Crippen molar-refractivity contribution in [2.75, 3.05) is 5.32 Å². The van der Waals surface area contributed by atoms with Crippen LogP contribution in [0.5, 0.6) is 0 Å². The minimum atomic E-state index is -2.65. The second kappa shape index (κ2) is 6.13. The summed E-state index contributed by atoms with van der Waals surface area (Å²) in [5.41, 5.74) is 1.44. The van der Waals surface area contributed by atoms with Gasteiger partial charge in [-0.3, -0.25) is 0 Å². The average molecular weight is 306 g/mol. The van der Waals surface area contributed by atoms with Gasteiger partial charge in [0.2, 0.25) is 0 Å². The number of H-pyrrole nitrogens is 1. The van der Waals surface area contributed by atoms with E-state index >= 15 is 0 Å². The predicted octanol–water partition coefficient (Wildman–Crippen LogP) is 3.73. The predicted molar refractivity (Wildman–Crippen MR) is 80.0 cm³/mol. The molecule has 1 aromatic heterocycles. The molecule has 0 fully saturated rings. The molecule has 3 rings (SSSR count). The van der Waals surface area contributed by atoms with Crippen LogP contribution in [0.1, 0.15) is 31.5 Å². The van der Waals surface area contributed by atoms with Crippen LogP contribution in [0.3, 0.4) is 0 Å². The lowest BCUT2D eigenvalue weighted by Gasteiger charge is -2.19. The number of halogens is 2. The Hall–Kier alpha value is -2.44. The summed E-state index contributed by atoms with van der Waals surface area (Å²) < 4.78 is 25.2. The summed E-state index contributed by atoms with van der Waals surface area (Å²) in [6, 6.07) is 4.66. The highest BCUT2D eigenvalue weighted by atomic mass is 19.3. The Morgan fingerprint density at radius 3 is 2.95 bits per heavy atom. The van der Waals surface area contributed by atoms with E-state index in [9.17, 15) is 13.6 Å². The number of amides is 2. The van der Waals surface area contributed by atoms with Gasteiger partial charge in [-0.1, -0.05) is 12.2 Å². The van der Waals surface area contributed by atoms with Gasteiger partial charge in [0.15, 0.2) is 5.82 Å². The molecule has 1 aliphatic rings. The van der Waals surface area contributed by atoms with Crippen molar-refractivity contribution in [3.63, 3.8) is 0 Å². The maximum atomic E-state index is 12.6. The summed E-state index contributed by atoms with van der Waals surface area (Å²) in [7, 11) is 0. The van der Waals surface area contributed by atoms with Gasteiger partial charge >= 0.3 is 6.03 Å². The zero-order chi connectivity index (χ0) is 15.5. The lowest BCUT2D eigenvalue weighted by atomic mass is 10.0. The molecular formula is C15H16F2N4O. The fourth-order valence-electron chi connectivity index (χ4n) is 2.49. The van der Waals surface area contributed by atoms with Crippen molar-refractivity contribution in [3.8, 4) is 0 Å². The number of carbonyl (C=O) groups excluding carboxylic acids is 1. The van der Waals surface area contributed by atoms with Gasteiger partial charge in [0.1, 0.15) is 0 Å². The summed E-state index contributed by atoms with van der Waals surface area (Å²) in [4.78, 5) is 18.3. The number of aromatic nitrogens is 2. The first-order valence-corrected chi connectivity index (χ1v) is 7.12. The summed E-state index contributed by atoms with van der Waals surface area (Å²) in [6.45, 7) is 0. The number of nitrogens with zero attached hydrogens (tertiary/aromatic N) is 1. The van der Waals surface area contributed by atoms with E-state index in [2.05, 4.69) is 32.8 Å². The van der Waals surface area contributed by atoms with E-state index in [1.165, 1.54) is 0 Å². The van der Waals surface area contributed by atoms with Crippen molar-refractivity contribution in [3.05, 3.63) is 36.2 Å². The number of rotatable bonds is 3. The number of allylic oxidation sites excluding steroid dienone is 1. The molecule has 3 N–H and O–H groups in total. The van der Waals surface area contributed by atoms with Crippen LogP contribution in [0.4, 0.5) is 19.3 Å². The molecule has 2 amide bonds. The first-order valence-electron chi connectivity index (χ1n) is 7.12. The van der Waals surface area contributed by atoms with E-state index in [1.807, 2.05) is 0 Å². The van der Waals surface area contributed by atoms with Crippen molar-refractivity contribution >= 4 is 22.8 Å². The van der Waals surface area contributed by atoms with Crippen LogP contribution in [0.15, 0.2) is 30.4 Å². The van der Waals surface area contributed by atoms with E-state index in [-0.39, 0.29) is 17.9 Å². The zero-order valence-corrected chi connectivity index (χ0v) is 11.8. The molecule has 1 heterocycles. The lowest BCUT2D eigenvalue weighted by Crippen LogP contribution is -2.38. The minimum Gasteiger partial charge on any atom is -0.337 e. The van der Waals surface area contributed by atoms with Gasteiger partial charge in [-0.05, 0) is 37.5 Å². The Morgan fingerprint density at radius 1 is 1.36 bits per heavy atom. The number of carbonyl (C=O) groups is 1. The lowest BCUT2D eigenvalue weighted by molar-refractivity contribution is 0.142. The van der Waals surface area contributed by atoms with Crippen molar-refractivity contribution < 1.29 is 13.6 Å². The SMILES string of the molecule is O=C(Nc1ccc2nc(C(F)F)[nH]c2c1)N[C@H]1CC=CCC1. The van der Waals surface area contributed by atoms with Gasteiger partial charge in [-0.2, -0.15) is 0 Å². The average Bonchev–Trinajstić information content (AvgIpc) is 2.91. The molecular weight excluding hydrogens is 290 g/mol. The van der Waals surface area contributed by atoms with Crippen LogP contribution in [0.25, 0.3) is 11.0 Å². The number of alkyl halides is 2. The van der Waals surface area contributed by atoms with E-state index in [4.69, 9.17) is 0 Å². The molecule has 5 nitrogen and oxygen atoms in total. The Labute approximate surface area is 125 Å². The minimum absolute atomic E-state index is 0.131. The first-order chi connectivity index (χ1) is 10.6.